The first-order valence-corrected chi connectivity index (χ1v) is 4.86. The number of carboxylic acids is 1. The molecule has 2 aromatic rings. The molecule has 16 heavy (non-hydrogen) atoms. The summed E-state index contributed by atoms with van der Waals surface area (Å²) in [4.78, 5) is 18.4. The molecule has 0 spiro atoms. The molecule has 0 aliphatic heterocycles. The molecule has 5 heteroatoms. The third kappa shape index (κ3) is 2.01. The van der Waals surface area contributed by atoms with Crippen molar-refractivity contribution in [3.8, 4) is 11.3 Å². The zero-order valence-corrected chi connectivity index (χ0v) is 8.85. The Hall–Kier alpha value is -1.94. The number of hydrogen-bond donors (Lipinski definition) is 1. The van der Waals surface area contributed by atoms with Crippen LogP contribution in [0.5, 0.6) is 0 Å². The van der Waals surface area contributed by atoms with Crippen LogP contribution in [-0.4, -0.2) is 21.0 Å². The minimum Gasteiger partial charge on any atom is -0.477 e. The summed E-state index contributed by atoms with van der Waals surface area (Å²) in [5.74, 6) is -1.09. The van der Waals surface area contributed by atoms with Gasteiger partial charge in [0.1, 0.15) is 6.33 Å². The predicted molar refractivity (Wildman–Crippen MR) is 59.4 cm³/mol. The van der Waals surface area contributed by atoms with Gasteiger partial charge in [0.25, 0.3) is 0 Å². The summed E-state index contributed by atoms with van der Waals surface area (Å²) in [6.07, 6.45) is 1.21. The number of nitrogens with zero attached hydrogens (tertiary/aromatic N) is 2. The molecule has 0 saturated carbocycles. The molecule has 2 rings (SSSR count). The highest BCUT2D eigenvalue weighted by atomic mass is 35.5. The van der Waals surface area contributed by atoms with E-state index in [1.807, 2.05) is 6.07 Å². The lowest BCUT2D eigenvalue weighted by Gasteiger charge is -2.03. The van der Waals surface area contributed by atoms with Crippen molar-refractivity contribution in [2.45, 2.75) is 0 Å². The van der Waals surface area contributed by atoms with E-state index in [1.165, 1.54) is 12.4 Å². The Labute approximate surface area is 96.6 Å². The van der Waals surface area contributed by atoms with Gasteiger partial charge >= 0.3 is 5.97 Å². The summed E-state index contributed by atoms with van der Waals surface area (Å²) >= 11 is 5.98. The number of aromatic nitrogens is 2. The Morgan fingerprint density at radius 1 is 1.25 bits per heavy atom. The molecular formula is C11H7ClN2O2. The molecule has 0 bridgehead atoms. The zero-order chi connectivity index (χ0) is 11.5. The van der Waals surface area contributed by atoms with E-state index in [1.54, 1.807) is 18.2 Å². The maximum Gasteiger partial charge on any atom is 0.354 e. The van der Waals surface area contributed by atoms with Crippen LogP contribution in [0.3, 0.4) is 0 Å². The van der Waals surface area contributed by atoms with Crippen molar-refractivity contribution >= 4 is 17.6 Å². The van der Waals surface area contributed by atoms with Crippen LogP contribution in [0.25, 0.3) is 11.3 Å². The summed E-state index contributed by atoms with van der Waals surface area (Å²) in [5, 5.41) is 9.33. The third-order valence-electron chi connectivity index (χ3n) is 2.04. The normalized spacial score (nSPS) is 10.1. The van der Waals surface area contributed by atoms with E-state index in [4.69, 9.17) is 16.7 Å². The van der Waals surface area contributed by atoms with Gasteiger partial charge in [-0.1, -0.05) is 29.8 Å². The fourth-order valence-electron chi connectivity index (χ4n) is 1.29. The molecule has 1 N–H and O–H groups in total. The molecule has 0 amide bonds. The number of hydrogen-bond acceptors (Lipinski definition) is 3. The molecule has 0 aliphatic rings. The van der Waals surface area contributed by atoms with Gasteiger partial charge in [0.2, 0.25) is 0 Å². The first-order chi connectivity index (χ1) is 7.68. The maximum atomic E-state index is 10.7. The van der Waals surface area contributed by atoms with Crippen LogP contribution in [0.1, 0.15) is 10.5 Å². The predicted octanol–water partition coefficient (Wildman–Crippen LogP) is 2.50. The van der Waals surface area contributed by atoms with Crippen LogP contribution < -0.4 is 0 Å². The summed E-state index contributed by atoms with van der Waals surface area (Å²) in [6, 6.07) is 8.49. The number of aromatic carboxylic acids is 1. The number of halogens is 1. The lowest BCUT2D eigenvalue weighted by molar-refractivity contribution is 0.0690. The van der Waals surface area contributed by atoms with Crippen molar-refractivity contribution in [3.63, 3.8) is 0 Å². The standard InChI is InChI=1S/C11H7ClN2O2/c12-8-4-2-1-3-7(8)9-5-10(11(15)16)14-6-13-9/h1-6H,(H,15,16). The van der Waals surface area contributed by atoms with Crippen molar-refractivity contribution in [1.82, 2.24) is 9.97 Å². The second-order valence-corrected chi connectivity index (χ2v) is 3.48. The van der Waals surface area contributed by atoms with Gasteiger partial charge in [0.15, 0.2) is 5.69 Å². The van der Waals surface area contributed by atoms with E-state index in [0.717, 1.165) is 0 Å². The average molecular weight is 235 g/mol. The van der Waals surface area contributed by atoms with Gasteiger partial charge < -0.3 is 5.11 Å². The first-order valence-electron chi connectivity index (χ1n) is 4.49. The molecule has 0 unspecified atom stereocenters. The molecule has 1 heterocycles. The summed E-state index contributed by atoms with van der Waals surface area (Å²) in [7, 11) is 0. The minimum absolute atomic E-state index is 0.0510. The van der Waals surface area contributed by atoms with Crippen LogP contribution in [0.2, 0.25) is 5.02 Å². The molecule has 0 fully saturated rings. The molecule has 1 aromatic heterocycles. The van der Waals surface area contributed by atoms with Crippen LogP contribution in [-0.2, 0) is 0 Å². The zero-order valence-electron chi connectivity index (χ0n) is 8.09. The highest BCUT2D eigenvalue weighted by molar-refractivity contribution is 6.33. The summed E-state index contributed by atoms with van der Waals surface area (Å²) in [6.45, 7) is 0. The van der Waals surface area contributed by atoms with E-state index >= 15 is 0 Å². The van der Waals surface area contributed by atoms with E-state index in [0.29, 0.717) is 16.3 Å². The fraction of sp³-hybridized carbons (Fsp3) is 0. The highest BCUT2D eigenvalue weighted by Gasteiger charge is 2.09. The second kappa shape index (κ2) is 4.28. The molecule has 4 nitrogen and oxygen atoms in total. The van der Waals surface area contributed by atoms with Crippen LogP contribution in [0, 0.1) is 0 Å². The van der Waals surface area contributed by atoms with Crippen molar-refractivity contribution < 1.29 is 9.90 Å². The quantitative estimate of drug-likeness (QED) is 0.867. The van der Waals surface area contributed by atoms with Gasteiger partial charge in [-0.25, -0.2) is 14.8 Å². The Bertz CT molecular complexity index is 543. The number of carboxylic acid groups (broad SMARTS) is 1. The number of benzene rings is 1. The van der Waals surface area contributed by atoms with E-state index in [2.05, 4.69) is 9.97 Å². The topological polar surface area (TPSA) is 63.1 Å². The van der Waals surface area contributed by atoms with Crippen LogP contribution in [0.15, 0.2) is 36.7 Å². The average Bonchev–Trinajstić information content (AvgIpc) is 2.30. The lowest BCUT2D eigenvalue weighted by atomic mass is 10.1. The number of carbonyl (C=O) groups is 1. The van der Waals surface area contributed by atoms with Gasteiger partial charge in [0, 0.05) is 10.6 Å². The van der Waals surface area contributed by atoms with E-state index < -0.39 is 5.97 Å². The molecule has 80 valence electrons. The smallest absolute Gasteiger partial charge is 0.354 e. The molecular weight excluding hydrogens is 228 g/mol. The molecule has 0 radical (unpaired) electrons. The number of rotatable bonds is 2. The minimum atomic E-state index is -1.09. The van der Waals surface area contributed by atoms with E-state index in [9.17, 15) is 4.79 Å². The Balaban J connectivity index is 2.53. The van der Waals surface area contributed by atoms with Gasteiger partial charge in [-0.05, 0) is 12.1 Å². The van der Waals surface area contributed by atoms with Crippen LogP contribution in [0.4, 0.5) is 0 Å². The van der Waals surface area contributed by atoms with Crippen molar-refractivity contribution in [3.05, 3.63) is 47.4 Å². The van der Waals surface area contributed by atoms with Gasteiger partial charge in [-0.2, -0.15) is 0 Å². The Morgan fingerprint density at radius 2 is 2.00 bits per heavy atom. The fourth-order valence-corrected chi connectivity index (χ4v) is 1.52. The highest BCUT2D eigenvalue weighted by Crippen LogP contribution is 2.25. The summed E-state index contributed by atoms with van der Waals surface area (Å²) < 4.78 is 0. The largest absolute Gasteiger partial charge is 0.477 e. The van der Waals surface area contributed by atoms with Crippen molar-refractivity contribution in [2.75, 3.05) is 0 Å². The van der Waals surface area contributed by atoms with Gasteiger partial charge in [-0.3, -0.25) is 0 Å². The second-order valence-electron chi connectivity index (χ2n) is 3.07. The van der Waals surface area contributed by atoms with Gasteiger partial charge in [0.05, 0.1) is 5.69 Å². The van der Waals surface area contributed by atoms with E-state index in [-0.39, 0.29) is 5.69 Å². The molecule has 1 aromatic carbocycles. The van der Waals surface area contributed by atoms with Crippen molar-refractivity contribution in [1.29, 1.82) is 0 Å². The lowest BCUT2D eigenvalue weighted by Crippen LogP contribution is -2.01. The Morgan fingerprint density at radius 3 is 2.69 bits per heavy atom. The molecule has 0 saturated heterocycles. The summed E-state index contributed by atoms with van der Waals surface area (Å²) in [5.41, 5.74) is 1.14. The van der Waals surface area contributed by atoms with Crippen molar-refractivity contribution in [2.24, 2.45) is 0 Å². The Kier molecular flexibility index (Phi) is 2.83. The van der Waals surface area contributed by atoms with Gasteiger partial charge in [-0.15, -0.1) is 0 Å². The molecule has 0 atom stereocenters. The monoisotopic (exact) mass is 234 g/mol. The first kappa shape index (κ1) is 10.6. The third-order valence-corrected chi connectivity index (χ3v) is 2.37. The SMILES string of the molecule is O=C(O)c1cc(-c2ccccc2Cl)ncn1. The maximum absolute atomic E-state index is 10.7. The molecule has 0 aliphatic carbocycles. The van der Waals surface area contributed by atoms with Crippen LogP contribution >= 0.6 is 11.6 Å².